The molecule has 0 radical (unpaired) electrons. The van der Waals surface area contributed by atoms with Gasteiger partial charge in [0.1, 0.15) is 4.60 Å². The van der Waals surface area contributed by atoms with Crippen LogP contribution in [0, 0.1) is 12.3 Å². The standard InChI is InChI=1S/C9H7BrN2O/c1-2-3-9(13)12-7-4-5-11-8(10)6-7/h1,4-6H,3H2,(H,11,12,13). The van der Waals surface area contributed by atoms with Crippen LogP contribution in [0.15, 0.2) is 22.9 Å². The van der Waals surface area contributed by atoms with Crippen molar-refractivity contribution in [2.45, 2.75) is 6.42 Å². The van der Waals surface area contributed by atoms with Gasteiger partial charge in [-0.05, 0) is 28.1 Å². The molecule has 13 heavy (non-hydrogen) atoms. The summed E-state index contributed by atoms with van der Waals surface area (Å²) in [6, 6.07) is 3.40. The second-order valence-electron chi connectivity index (χ2n) is 2.30. The molecule has 1 N–H and O–H groups in total. The highest BCUT2D eigenvalue weighted by molar-refractivity contribution is 9.10. The zero-order valence-corrected chi connectivity index (χ0v) is 8.34. The van der Waals surface area contributed by atoms with Gasteiger partial charge in [-0.2, -0.15) is 0 Å². The summed E-state index contributed by atoms with van der Waals surface area (Å²) in [6.07, 6.45) is 6.66. The van der Waals surface area contributed by atoms with Crippen LogP contribution in [0.25, 0.3) is 0 Å². The predicted molar refractivity (Wildman–Crippen MR) is 54.0 cm³/mol. The molecular formula is C9H7BrN2O. The SMILES string of the molecule is C#CCC(=O)Nc1ccnc(Br)c1. The van der Waals surface area contributed by atoms with Crippen molar-refractivity contribution in [3.63, 3.8) is 0 Å². The van der Waals surface area contributed by atoms with Crippen molar-refractivity contribution < 1.29 is 4.79 Å². The molecule has 1 aromatic heterocycles. The number of amides is 1. The van der Waals surface area contributed by atoms with E-state index in [1.54, 1.807) is 18.3 Å². The van der Waals surface area contributed by atoms with Crippen molar-refractivity contribution in [1.29, 1.82) is 0 Å². The lowest BCUT2D eigenvalue weighted by Gasteiger charge is -2.01. The Balaban J connectivity index is 2.65. The molecule has 3 nitrogen and oxygen atoms in total. The van der Waals surface area contributed by atoms with Crippen LogP contribution >= 0.6 is 15.9 Å². The molecule has 0 aromatic carbocycles. The molecule has 0 bridgehead atoms. The minimum Gasteiger partial charge on any atom is -0.325 e. The maximum absolute atomic E-state index is 11.0. The van der Waals surface area contributed by atoms with E-state index in [4.69, 9.17) is 6.42 Å². The summed E-state index contributed by atoms with van der Waals surface area (Å²) in [6.45, 7) is 0. The fraction of sp³-hybridized carbons (Fsp3) is 0.111. The van der Waals surface area contributed by atoms with Gasteiger partial charge in [0.15, 0.2) is 0 Å². The molecule has 1 aromatic rings. The Kier molecular flexibility index (Phi) is 3.47. The molecule has 0 atom stereocenters. The van der Waals surface area contributed by atoms with Gasteiger partial charge in [-0.25, -0.2) is 4.98 Å². The van der Waals surface area contributed by atoms with Gasteiger partial charge >= 0.3 is 0 Å². The van der Waals surface area contributed by atoms with E-state index in [2.05, 4.69) is 32.2 Å². The molecule has 0 saturated carbocycles. The minimum atomic E-state index is -0.194. The lowest BCUT2D eigenvalue weighted by atomic mass is 10.3. The number of hydrogen-bond donors (Lipinski definition) is 1. The number of terminal acetylenes is 1. The Morgan fingerprint density at radius 2 is 2.54 bits per heavy atom. The number of anilines is 1. The second-order valence-corrected chi connectivity index (χ2v) is 3.11. The van der Waals surface area contributed by atoms with Gasteiger partial charge in [0.25, 0.3) is 0 Å². The van der Waals surface area contributed by atoms with E-state index in [0.717, 1.165) is 0 Å². The molecule has 0 saturated heterocycles. The van der Waals surface area contributed by atoms with Gasteiger partial charge in [-0.3, -0.25) is 4.79 Å². The van der Waals surface area contributed by atoms with E-state index in [1.807, 2.05) is 0 Å². The number of nitrogens with one attached hydrogen (secondary N) is 1. The summed E-state index contributed by atoms with van der Waals surface area (Å²) in [5.41, 5.74) is 0.683. The quantitative estimate of drug-likeness (QED) is 0.631. The van der Waals surface area contributed by atoms with Crippen LogP contribution in [0.2, 0.25) is 0 Å². The van der Waals surface area contributed by atoms with E-state index >= 15 is 0 Å². The summed E-state index contributed by atoms with van der Waals surface area (Å²) in [5.74, 6) is 2.07. The van der Waals surface area contributed by atoms with Crippen molar-refractivity contribution in [3.8, 4) is 12.3 Å². The van der Waals surface area contributed by atoms with Crippen LogP contribution in [0.5, 0.6) is 0 Å². The molecule has 4 heteroatoms. The first-order valence-electron chi connectivity index (χ1n) is 3.57. The van der Waals surface area contributed by atoms with Gasteiger partial charge in [0.05, 0.1) is 6.42 Å². The average molecular weight is 239 g/mol. The molecule has 1 heterocycles. The predicted octanol–water partition coefficient (Wildman–Crippen LogP) is 1.81. The highest BCUT2D eigenvalue weighted by atomic mass is 79.9. The normalized spacial score (nSPS) is 8.92. The molecule has 0 unspecified atom stereocenters. The highest BCUT2D eigenvalue weighted by Gasteiger charge is 1.99. The van der Waals surface area contributed by atoms with Gasteiger partial charge in [0, 0.05) is 11.9 Å². The number of hydrogen-bond acceptors (Lipinski definition) is 2. The Morgan fingerprint density at radius 3 is 3.15 bits per heavy atom. The summed E-state index contributed by atoms with van der Waals surface area (Å²) >= 11 is 3.19. The number of aromatic nitrogens is 1. The van der Waals surface area contributed by atoms with E-state index in [9.17, 15) is 4.79 Å². The number of halogens is 1. The first-order chi connectivity index (χ1) is 6.22. The fourth-order valence-corrected chi connectivity index (χ4v) is 1.14. The maximum atomic E-state index is 11.0. The van der Waals surface area contributed by atoms with Crippen LogP contribution in [0.4, 0.5) is 5.69 Å². The Bertz CT molecular complexity index is 357. The summed E-state index contributed by atoms with van der Waals surface area (Å²) in [7, 11) is 0. The van der Waals surface area contributed by atoms with E-state index in [1.165, 1.54) is 0 Å². The average Bonchev–Trinajstić information content (AvgIpc) is 2.04. The van der Waals surface area contributed by atoms with Gasteiger partial charge in [-0.15, -0.1) is 6.42 Å². The summed E-state index contributed by atoms with van der Waals surface area (Å²) in [4.78, 5) is 15.0. The van der Waals surface area contributed by atoms with Crippen LogP contribution in [0.3, 0.4) is 0 Å². The number of pyridine rings is 1. The zero-order valence-electron chi connectivity index (χ0n) is 6.75. The topological polar surface area (TPSA) is 42.0 Å². The smallest absolute Gasteiger partial charge is 0.236 e. The number of carbonyl (C=O) groups excluding carboxylic acids is 1. The van der Waals surface area contributed by atoms with Gasteiger partial charge in [-0.1, -0.05) is 5.92 Å². The monoisotopic (exact) mass is 238 g/mol. The Hall–Kier alpha value is -1.34. The number of rotatable bonds is 2. The van der Waals surface area contributed by atoms with E-state index < -0.39 is 0 Å². The van der Waals surface area contributed by atoms with Gasteiger partial charge in [0.2, 0.25) is 5.91 Å². The zero-order chi connectivity index (χ0) is 9.68. The lowest BCUT2D eigenvalue weighted by molar-refractivity contribution is -0.115. The Morgan fingerprint density at radius 1 is 1.77 bits per heavy atom. The second kappa shape index (κ2) is 4.63. The minimum absolute atomic E-state index is 0.0833. The Labute approximate surface area is 84.7 Å². The molecule has 0 aliphatic heterocycles. The molecular weight excluding hydrogens is 232 g/mol. The third kappa shape index (κ3) is 3.26. The molecule has 0 aliphatic carbocycles. The fourth-order valence-electron chi connectivity index (χ4n) is 0.778. The van der Waals surface area contributed by atoms with E-state index in [0.29, 0.717) is 10.3 Å². The van der Waals surface area contributed by atoms with Crippen LogP contribution < -0.4 is 5.32 Å². The third-order valence-corrected chi connectivity index (χ3v) is 1.71. The number of nitrogens with zero attached hydrogens (tertiary/aromatic N) is 1. The highest BCUT2D eigenvalue weighted by Crippen LogP contribution is 2.12. The van der Waals surface area contributed by atoms with E-state index in [-0.39, 0.29) is 12.3 Å². The lowest BCUT2D eigenvalue weighted by Crippen LogP contribution is -2.09. The maximum Gasteiger partial charge on any atom is 0.236 e. The molecule has 0 aliphatic rings. The molecule has 0 fully saturated rings. The van der Waals surface area contributed by atoms with Crippen molar-refractivity contribution >= 4 is 27.5 Å². The van der Waals surface area contributed by atoms with Crippen molar-refractivity contribution in [2.24, 2.45) is 0 Å². The van der Waals surface area contributed by atoms with Crippen molar-refractivity contribution in [1.82, 2.24) is 4.98 Å². The largest absolute Gasteiger partial charge is 0.325 e. The van der Waals surface area contributed by atoms with Crippen molar-refractivity contribution in [3.05, 3.63) is 22.9 Å². The molecule has 66 valence electrons. The summed E-state index contributed by atoms with van der Waals surface area (Å²) in [5, 5.41) is 2.63. The van der Waals surface area contributed by atoms with Crippen LogP contribution in [-0.4, -0.2) is 10.9 Å². The third-order valence-electron chi connectivity index (χ3n) is 1.27. The van der Waals surface area contributed by atoms with Crippen molar-refractivity contribution in [2.75, 3.05) is 5.32 Å². The first kappa shape index (κ1) is 9.75. The van der Waals surface area contributed by atoms with Gasteiger partial charge < -0.3 is 5.32 Å². The molecule has 0 spiro atoms. The summed E-state index contributed by atoms with van der Waals surface area (Å²) < 4.78 is 0.672. The first-order valence-corrected chi connectivity index (χ1v) is 4.36. The molecule has 1 rings (SSSR count). The van der Waals surface area contributed by atoms with Crippen LogP contribution in [-0.2, 0) is 4.79 Å². The molecule has 1 amide bonds. The van der Waals surface area contributed by atoms with Crippen LogP contribution in [0.1, 0.15) is 6.42 Å². The number of carbonyl (C=O) groups is 1.